The van der Waals surface area contributed by atoms with Crippen molar-refractivity contribution < 1.29 is 9.84 Å². The average Bonchev–Trinajstić information content (AvgIpc) is 2.28. The highest BCUT2D eigenvalue weighted by Crippen LogP contribution is 2.28. The molecule has 0 saturated heterocycles. The number of thioether (sulfide) groups is 1. The van der Waals surface area contributed by atoms with Gasteiger partial charge >= 0.3 is 0 Å². The van der Waals surface area contributed by atoms with Crippen LogP contribution in [0.3, 0.4) is 0 Å². The minimum absolute atomic E-state index is 0. The number of halogens is 1. The van der Waals surface area contributed by atoms with Crippen LogP contribution in [0.25, 0.3) is 0 Å². The summed E-state index contributed by atoms with van der Waals surface area (Å²) in [5.41, 5.74) is 1.16. The lowest BCUT2D eigenvalue weighted by Crippen LogP contribution is -2.23. The van der Waals surface area contributed by atoms with Crippen molar-refractivity contribution in [3.05, 3.63) is 23.8 Å². The van der Waals surface area contributed by atoms with Crippen molar-refractivity contribution in [1.82, 2.24) is 5.32 Å². The van der Waals surface area contributed by atoms with Gasteiger partial charge in [0, 0.05) is 18.0 Å². The number of ether oxygens (including phenoxy) is 1. The molecule has 0 bridgehead atoms. The maximum atomic E-state index is 9.12. The molecule has 17 heavy (non-hydrogen) atoms. The Morgan fingerprint density at radius 1 is 1.47 bits per heavy atom. The van der Waals surface area contributed by atoms with Gasteiger partial charge in [-0.2, -0.15) is 0 Å². The van der Waals surface area contributed by atoms with E-state index in [9.17, 15) is 0 Å². The number of aliphatic hydroxyl groups is 1. The molecule has 3 nitrogen and oxygen atoms in total. The van der Waals surface area contributed by atoms with Crippen LogP contribution in [-0.2, 0) is 6.54 Å². The van der Waals surface area contributed by atoms with Gasteiger partial charge in [-0.05, 0) is 30.9 Å². The van der Waals surface area contributed by atoms with Crippen LogP contribution in [0, 0.1) is 0 Å². The van der Waals surface area contributed by atoms with Crippen molar-refractivity contribution in [1.29, 1.82) is 0 Å². The molecule has 0 heterocycles. The molecular weight excluding hydrogens is 258 g/mol. The van der Waals surface area contributed by atoms with E-state index < -0.39 is 0 Å². The Morgan fingerprint density at radius 2 is 2.18 bits per heavy atom. The lowest BCUT2D eigenvalue weighted by Gasteiger charge is -2.10. The molecule has 0 aliphatic carbocycles. The molecule has 2 N–H and O–H groups in total. The van der Waals surface area contributed by atoms with Crippen molar-refractivity contribution in [2.75, 3.05) is 19.9 Å². The smallest absolute Gasteiger partial charge is 0.132 e. The van der Waals surface area contributed by atoms with Gasteiger partial charge in [-0.1, -0.05) is 6.07 Å². The highest BCUT2D eigenvalue weighted by molar-refractivity contribution is 7.98. The summed E-state index contributed by atoms with van der Waals surface area (Å²) in [5.74, 6) is 0.906. The Hall–Kier alpha value is -0.420. The van der Waals surface area contributed by atoms with E-state index in [0.29, 0.717) is 6.54 Å². The Morgan fingerprint density at radius 3 is 2.71 bits per heavy atom. The van der Waals surface area contributed by atoms with E-state index in [0.717, 1.165) is 22.8 Å². The highest BCUT2D eigenvalue weighted by atomic mass is 35.5. The van der Waals surface area contributed by atoms with E-state index in [1.165, 1.54) is 0 Å². The van der Waals surface area contributed by atoms with Crippen LogP contribution >= 0.6 is 24.2 Å². The zero-order valence-electron chi connectivity index (χ0n) is 10.4. The van der Waals surface area contributed by atoms with Crippen LogP contribution in [-0.4, -0.2) is 31.1 Å². The average molecular weight is 278 g/mol. The standard InChI is InChI=1S/C12H19NO2S.ClH/c1-9(14)7-13-8-10-4-5-12(16-3)11(6-10)15-2;/h4-6,9,13-14H,7-8H2,1-3H3;1H. The van der Waals surface area contributed by atoms with Crippen molar-refractivity contribution in [2.24, 2.45) is 0 Å². The molecule has 0 aliphatic rings. The first-order valence-corrected chi connectivity index (χ1v) is 6.49. The summed E-state index contributed by atoms with van der Waals surface area (Å²) >= 11 is 1.67. The lowest BCUT2D eigenvalue weighted by molar-refractivity contribution is 0.191. The molecule has 5 heteroatoms. The van der Waals surface area contributed by atoms with E-state index in [1.807, 2.05) is 12.3 Å². The molecule has 0 saturated carbocycles. The van der Waals surface area contributed by atoms with Gasteiger partial charge in [-0.25, -0.2) is 0 Å². The molecule has 1 atom stereocenters. The topological polar surface area (TPSA) is 41.5 Å². The van der Waals surface area contributed by atoms with Gasteiger partial charge in [-0.15, -0.1) is 24.2 Å². The maximum absolute atomic E-state index is 9.12. The largest absolute Gasteiger partial charge is 0.496 e. The van der Waals surface area contributed by atoms with E-state index in [4.69, 9.17) is 9.84 Å². The molecule has 1 aromatic rings. The van der Waals surface area contributed by atoms with Gasteiger partial charge in [-0.3, -0.25) is 0 Å². The third-order valence-corrected chi connectivity index (χ3v) is 2.99. The monoisotopic (exact) mass is 277 g/mol. The van der Waals surface area contributed by atoms with Crippen molar-refractivity contribution in [3.8, 4) is 5.75 Å². The van der Waals surface area contributed by atoms with Crippen LogP contribution in [0.2, 0.25) is 0 Å². The fourth-order valence-corrected chi connectivity index (χ4v) is 1.96. The molecule has 98 valence electrons. The molecule has 0 aromatic heterocycles. The number of rotatable bonds is 6. The van der Waals surface area contributed by atoms with Crippen LogP contribution in [0.5, 0.6) is 5.75 Å². The van der Waals surface area contributed by atoms with Crippen molar-refractivity contribution in [2.45, 2.75) is 24.5 Å². The summed E-state index contributed by atoms with van der Waals surface area (Å²) in [6.07, 6.45) is 1.72. The first-order chi connectivity index (χ1) is 7.67. The Kier molecular flexibility index (Phi) is 8.43. The number of benzene rings is 1. The first kappa shape index (κ1) is 16.6. The molecule has 0 aliphatic heterocycles. The van der Waals surface area contributed by atoms with E-state index in [-0.39, 0.29) is 18.5 Å². The Balaban J connectivity index is 0.00000256. The normalized spacial score (nSPS) is 11.8. The van der Waals surface area contributed by atoms with Crippen LogP contribution in [0.1, 0.15) is 12.5 Å². The highest BCUT2D eigenvalue weighted by Gasteiger charge is 2.03. The second-order valence-electron chi connectivity index (χ2n) is 3.67. The molecule has 1 rings (SSSR count). The second-order valence-corrected chi connectivity index (χ2v) is 4.52. The van der Waals surface area contributed by atoms with Crippen LogP contribution < -0.4 is 10.1 Å². The fourth-order valence-electron chi connectivity index (χ4n) is 1.42. The van der Waals surface area contributed by atoms with Gasteiger partial charge in [0.1, 0.15) is 5.75 Å². The molecule has 0 radical (unpaired) electrons. The predicted octanol–water partition coefficient (Wildman–Crippen LogP) is 2.31. The van der Waals surface area contributed by atoms with Gasteiger partial charge in [0.2, 0.25) is 0 Å². The zero-order valence-corrected chi connectivity index (χ0v) is 12.0. The second kappa shape index (κ2) is 8.64. The summed E-state index contributed by atoms with van der Waals surface area (Å²) in [7, 11) is 1.68. The van der Waals surface area contributed by atoms with E-state index >= 15 is 0 Å². The van der Waals surface area contributed by atoms with Gasteiger partial charge < -0.3 is 15.2 Å². The van der Waals surface area contributed by atoms with Gasteiger partial charge in [0.25, 0.3) is 0 Å². The number of hydrogen-bond acceptors (Lipinski definition) is 4. The van der Waals surface area contributed by atoms with Crippen LogP contribution in [0.15, 0.2) is 23.1 Å². The molecule has 1 aromatic carbocycles. The minimum atomic E-state index is -0.313. The molecule has 0 spiro atoms. The number of hydrogen-bond donors (Lipinski definition) is 2. The van der Waals surface area contributed by atoms with Gasteiger partial charge in [0.15, 0.2) is 0 Å². The van der Waals surface area contributed by atoms with E-state index in [2.05, 4.69) is 17.4 Å². The Bertz CT molecular complexity index is 334. The molecule has 1 unspecified atom stereocenters. The SMILES string of the molecule is COc1cc(CNCC(C)O)ccc1SC.Cl. The number of nitrogens with one attached hydrogen (secondary N) is 1. The third kappa shape index (κ3) is 5.64. The number of aliphatic hydroxyl groups excluding tert-OH is 1. The summed E-state index contributed by atoms with van der Waals surface area (Å²) in [6, 6.07) is 6.16. The number of methoxy groups -OCH3 is 1. The summed E-state index contributed by atoms with van der Waals surface area (Å²) in [4.78, 5) is 1.14. The fraction of sp³-hybridized carbons (Fsp3) is 0.500. The van der Waals surface area contributed by atoms with Crippen LogP contribution in [0.4, 0.5) is 0 Å². The van der Waals surface area contributed by atoms with Crippen molar-refractivity contribution in [3.63, 3.8) is 0 Å². The van der Waals surface area contributed by atoms with Crippen molar-refractivity contribution >= 4 is 24.2 Å². The molecule has 0 fully saturated rings. The van der Waals surface area contributed by atoms with Gasteiger partial charge in [0.05, 0.1) is 13.2 Å². The predicted molar refractivity (Wildman–Crippen MR) is 75.4 cm³/mol. The zero-order chi connectivity index (χ0) is 12.0. The minimum Gasteiger partial charge on any atom is -0.496 e. The third-order valence-electron chi connectivity index (χ3n) is 2.22. The summed E-state index contributed by atoms with van der Waals surface area (Å²) in [6.45, 7) is 3.12. The van der Waals surface area contributed by atoms with E-state index in [1.54, 1.807) is 25.8 Å². The summed E-state index contributed by atoms with van der Waals surface area (Å²) < 4.78 is 5.31. The maximum Gasteiger partial charge on any atom is 0.132 e. The molecular formula is C12H20ClNO2S. The Labute approximate surface area is 113 Å². The quantitative estimate of drug-likeness (QED) is 0.783. The summed E-state index contributed by atoms with van der Waals surface area (Å²) in [5, 5.41) is 12.3. The molecule has 0 amide bonds. The lowest BCUT2D eigenvalue weighted by atomic mass is 10.2. The first-order valence-electron chi connectivity index (χ1n) is 5.27.